The summed E-state index contributed by atoms with van der Waals surface area (Å²) in [7, 11) is 3.29. The van der Waals surface area contributed by atoms with Gasteiger partial charge in [0, 0.05) is 45.8 Å². The van der Waals surface area contributed by atoms with E-state index in [1.165, 1.54) is 5.56 Å². The van der Waals surface area contributed by atoms with E-state index in [4.69, 9.17) is 15.2 Å². The Morgan fingerprint density at radius 3 is 2.31 bits per heavy atom. The number of piperazine rings is 1. The van der Waals surface area contributed by atoms with Gasteiger partial charge in [-0.3, -0.25) is 14.8 Å². The van der Waals surface area contributed by atoms with Crippen molar-refractivity contribution in [3.05, 3.63) is 59.7 Å². The SMILES string of the molecule is COc1ccc(CCNC(N)=NCCN2CCN(Cc3ccccc3)CC2)cc1OC.I. The molecule has 3 N–H and O–H groups in total. The summed E-state index contributed by atoms with van der Waals surface area (Å²) in [6.45, 7) is 7.76. The van der Waals surface area contributed by atoms with Gasteiger partial charge in [0.25, 0.3) is 0 Å². The number of nitrogens with two attached hydrogens (primary N) is 1. The fraction of sp³-hybridized carbons (Fsp3) is 0.458. The van der Waals surface area contributed by atoms with Crippen LogP contribution in [0, 0.1) is 0 Å². The smallest absolute Gasteiger partial charge is 0.188 e. The number of methoxy groups -OCH3 is 2. The topological polar surface area (TPSA) is 75.4 Å². The maximum atomic E-state index is 6.03. The minimum Gasteiger partial charge on any atom is -0.493 e. The number of nitrogens with zero attached hydrogens (tertiary/aromatic N) is 3. The summed E-state index contributed by atoms with van der Waals surface area (Å²) in [4.78, 5) is 9.45. The lowest BCUT2D eigenvalue weighted by Crippen LogP contribution is -2.46. The minimum absolute atomic E-state index is 0. The van der Waals surface area contributed by atoms with E-state index in [9.17, 15) is 0 Å². The van der Waals surface area contributed by atoms with Gasteiger partial charge in [-0.05, 0) is 29.7 Å². The summed E-state index contributed by atoms with van der Waals surface area (Å²) in [6.07, 6.45) is 0.833. The highest BCUT2D eigenvalue weighted by Gasteiger charge is 2.16. The third-order valence-electron chi connectivity index (χ3n) is 5.58. The van der Waals surface area contributed by atoms with E-state index in [-0.39, 0.29) is 24.0 Å². The predicted octanol–water partition coefficient (Wildman–Crippen LogP) is 2.59. The number of guanidine groups is 1. The second kappa shape index (κ2) is 14.2. The molecular weight excluding hydrogens is 517 g/mol. The van der Waals surface area contributed by atoms with Gasteiger partial charge < -0.3 is 20.5 Å². The van der Waals surface area contributed by atoms with E-state index in [1.54, 1.807) is 14.2 Å². The zero-order chi connectivity index (χ0) is 21.9. The summed E-state index contributed by atoms with van der Waals surface area (Å²) < 4.78 is 10.6. The molecule has 1 aliphatic heterocycles. The Hall–Kier alpha value is -2.04. The van der Waals surface area contributed by atoms with Crippen LogP contribution in [0.4, 0.5) is 0 Å². The van der Waals surface area contributed by atoms with Crippen LogP contribution in [0.1, 0.15) is 11.1 Å². The first-order valence-corrected chi connectivity index (χ1v) is 10.9. The Morgan fingerprint density at radius 2 is 1.62 bits per heavy atom. The van der Waals surface area contributed by atoms with Gasteiger partial charge in [0.15, 0.2) is 17.5 Å². The predicted molar refractivity (Wildman–Crippen MR) is 141 cm³/mol. The highest BCUT2D eigenvalue weighted by atomic mass is 127. The monoisotopic (exact) mass is 553 g/mol. The third-order valence-corrected chi connectivity index (χ3v) is 5.58. The van der Waals surface area contributed by atoms with Crippen molar-refractivity contribution in [3.8, 4) is 11.5 Å². The average molecular weight is 553 g/mol. The number of rotatable bonds is 10. The zero-order valence-electron chi connectivity index (χ0n) is 19.1. The highest BCUT2D eigenvalue weighted by molar-refractivity contribution is 14.0. The molecule has 2 aromatic rings. The van der Waals surface area contributed by atoms with Gasteiger partial charge in [-0.1, -0.05) is 36.4 Å². The van der Waals surface area contributed by atoms with Crippen LogP contribution in [0.5, 0.6) is 11.5 Å². The summed E-state index contributed by atoms with van der Waals surface area (Å²) in [5.74, 6) is 1.98. The number of ether oxygens (including phenoxy) is 2. The van der Waals surface area contributed by atoms with E-state index >= 15 is 0 Å². The fourth-order valence-electron chi connectivity index (χ4n) is 3.75. The second-order valence-electron chi connectivity index (χ2n) is 7.74. The fourth-order valence-corrected chi connectivity index (χ4v) is 3.75. The molecule has 0 aromatic heterocycles. The van der Waals surface area contributed by atoms with Crippen molar-refractivity contribution in [1.82, 2.24) is 15.1 Å². The second-order valence-corrected chi connectivity index (χ2v) is 7.74. The molecule has 176 valence electrons. The molecule has 1 heterocycles. The number of hydrogen-bond donors (Lipinski definition) is 2. The van der Waals surface area contributed by atoms with E-state index < -0.39 is 0 Å². The van der Waals surface area contributed by atoms with E-state index in [1.807, 2.05) is 18.2 Å². The molecule has 8 heteroatoms. The maximum Gasteiger partial charge on any atom is 0.188 e. The Kier molecular flexibility index (Phi) is 11.6. The quantitative estimate of drug-likeness (QED) is 0.268. The van der Waals surface area contributed by atoms with Gasteiger partial charge >= 0.3 is 0 Å². The van der Waals surface area contributed by atoms with E-state index in [0.717, 1.165) is 69.3 Å². The molecule has 3 rings (SSSR count). The Balaban J connectivity index is 0.00000363. The molecule has 1 aliphatic rings. The van der Waals surface area contributed by atoms with Gasteiger partial charge in [-0.25, -0.2) is 0 Å². The Bertz CT molecular complexity index is 826. The van der Waals surface area contributed by atoms with Crippen LogP contribution in [0.25, 0.3) is 0 Å². The van der Waals surface area contributed by atoms with Crippen LogP contribution in [-0.2, 0) is 13.0 Å². The van der Waals surface area contributed by atoms with Crippen LogP contribution >= 0.6 is 24.0 Å². The molecule has 0 atom stereocenters. The zero-order valence-corrected chi connectivity index (χ0v) is 21.5. The van der Waals surface area contributed by atoms with Crippen LogP contribution in [0.3, 0.4) is 0 Å². The van der Waals surface area contributed by atoms with Crippen LogP contribution < -0.4 is 20.5 Å². The third kappa shape index (κ3) is 8.48. The van der Waals surface area contributed by atoms with Crippen LogP contribution in [0.15, 0.2) is 53.5 Å². The first-order valence-electron chi connectivity index (χ1n) is 10.9. The van der Waals surface area contributed by atoms with Crippen LogP contribution in [0.2, 0.25) is 0 Å². The molecule has 0 bridgehead atoms. The first kappa shape index (κ1) is 26.2. The molecule has 1 saturated heterocycles. The highest BCUT2D eigenvalue weighted by Crippen LogP contribution is 2.27. The Labute approximate surface area is 209 Å². The van der Waals surface area contributed by atoms with Gasteiger partial charge in [-0.15, -0.1) is 24.0 Å². The number of aliphatic imine (C=N–C) groups is 1. The summed E-state index contributed by atoms with van der Waals surface area (Å²) in [6, 6.07) is 16.6. The molecular formula is C24H36IN5O2. The van der Waals surface area contributed by atoms with E-state index in [0.29, 0.717) is 12.5 Å². The largest absolute Gasteiger partial charge is 0.493 e. The molecule has 2 aromatic carbocycles. The summed E-state index contributed by atoms with van der Waals surface area (Å²) in [5.41, 5.74) is 8.57. The van der Waals surface area contributed by atoms with Gasteiger partial charge in [0.05, 0.1) is 20.8 Å². The Morgan fingerprint density at radius 1 is 0.938 bits per heavy atom. The molecule has 32 heavy (non-hydrogen) atoms. The summed E-state index contributed by atoms with van der Waals surface area (Å²) in [5, 5.41) is 3.20. The molecule has 0 amide bonds. The average Bonchev–Trinajstić information content (AvgIpc) is 2.81. The van der Waals surface area contributed by atoms with E-state index in [2.05, 4.69) is 50.4 Å². The minimum atomic E-state index is 0. The lowest BCUT2D eigenvalue weighted by Gasteiger charge is -2.34. The van der Waals surface area contributed by atoms with Crippen molar-refractivity contribution >= 4 is 29.9 Å². The normalized spacial score (nSPS) is 15.1. The molecule has 0 radical (unpaired) electrons. The number of nitrogens with one attached hydrogen (secondary N) is 1. The van der Waals surface area contributed by atoms with Crippen molar-refractivity contribution in [2.75, 3.05) is 60.0 Å². The van der Waals surface area contributed by atoms with Crippen LogP contribution in [-0.4, -0.2) is 75.8 Å². The molecule has 1 fully saturated rings. The molecule has 0 aliphatic carbocycles. The maximum absolute atomic E-state index is 6.03. The molecule has 7 nitrogen and oxygen atoms in total. The molecule has 0 spiro atoms. The number of hydrogen-bond acceptors (Lipinski definition) is 5. The van der Waals surface area contributed by atoms with Crippen molar-refractivity contribution in [2.45, 2.75) is 13.0 Å². The summed E-state index contributed by atoms with van der Waals surface area (Å²) >= 11 is 0. The van der Waals surface area contributed by atoms with Gasteiger partial charge in [-0.2, -0.15) is 0 Å². The first-order chi connectivity index (χ1) is 15.2. The number of halogens is 1. The van der Waals surface area contributed by atoms with Crippen molar-refractivity contribution < 1.29 is 9.47 Å². The number of benzene rings is 2. The lowest BCUT2D eigenvalue weighted by molar-refractivity contribution is 0.130. The molecule has 0 saturated carbocycles. The van der Waals surface area contributed by atoms with Crippen molar-refractivity contribution in [1.29, 1.82) is 0 Å². The van der Waals surface area contributed by atoms with Crippen molar-refractivity contribution in [3.63, 3.8) is 0 Å². The molecule has 0 unspecified atom stereocenters. The van der Waals surface area contributed by atoms with Gasteiger partial charge in [0.2, 0.25) is 0 Å². The standard InChI is InChI=1S/C24H35N5O2.HI/c1-30-22-9-8-20(18-23(22)31-2)10-11-26-24(25)27-12-13-28-14-16-29(17-15-28)19-21-6-4-3-5-7-21;/h3-9,18H,10-17,19H2,1-2H3,(H3,25,26,27);1H. The van der Waals surface area contributed by atoms with Crippen molar-refractivity contribution in [2.24, 2.45) is 10.7 Å². The lowest BCUT2D eigenvalue weighted by atomic mass is 10.1. The van der Waals surface area contributed by atoms with Gasteiger partial charge in [0.1, 0.15) is 0 Å².